The number of carboxylic acids is 1. The molecule has 0 aliphatic heterocycles. The van der Waals surface area contributed by atoms with E-state index in [0.717, 1.165) is 17.7 Å². The SMILES string of the molecule is CCCCCCCCCCCC=Cc1ccccc1OCCC(=O)O. The fourth-order valence-electron chi connectivity index (χ4n) is 2.78. The average molecular weight is 347 g/mol. The number of hydrogen-bond acceptors (Lipinski definition) is 2. The molecule has 1 rings (SSSR count). The van der Waals surface area contributed by atoms with E-state index < -0.39 is 5.97 Å². The summed E-state index contributed by atoms with van der Waals surface area (Å²) < 4.78 is 5.57. The Hall–Kier alpha value is -1.77. The van der Waals surface area contributed by atoms with Crippen molar-refractivity contribution in [3.63, 3.8) is 0 Å². The van der Waals surface area contributed by atoms with Crippen molar-refractivity contribution in [1.29, 1.82) is 0 Å². The maximum Gasteiger partial charge on any atom is 0.306 e. The lowest BCUT2D eigenvalue weighted by Crippen LogP contribution is -2.05. The monoisotopic (exact) mass is 346 g/mol. The van der Waals surface area contributed by atoms with Crippen molar-refractivity contribution >= 4 is 12.0 Å². The van der Waals surface area contributed by atoms with Crippen molar-refractivity contribution in [2.75, 3.05) is 6.61 Å². The van der Waals surface area contributed by atoms with Crippen LogP contribution in [-0.2, 0) is 4.79 Å². The van der Waals surface area contributed by atoms with E-state index >= 15 is 0 Å². The summed E-state index contributed by atoms with van der Waals surface area (Å²) in [4.78, 5) is 10.6. The number of benzene rings is 1. The van der Waals surface area contributed by atoms with Gasteiger partial charge in [-0.15, -0.1) is 0 Å². The molecule has 0 heterocycles. The minimum atomic E-state index is -0.835. The van der Waals surface area contributed by atoms with Gasteiger partial charge in [0.2, 0.25) is 0 Å². The van der Waals surface area contributed by atoms with Crippen LogP contribution < -0.4 is 4.74 Å². The highest BCUT2D eigenvalue weighted by Crippen LogP contribution is 2.20. The molecule has 0 atom stereocenters. The zero-order valence-corrected chi connectivity index (χ0v) is 15.7. The molecule has 0 amide bonds. The molecule has 0 unspecified atom stereocenters. The molecule has 0 aliphatic rings. The summed E-state index contributed by atoms with van der Waals surface area (Å²) in [5.74, 6) is -0.0783. The van der Waals surface area contributed by atoms with Gasteiger partial charge in [-0.2, -0.15) is 0 Å². The number of allylic oxidation sites excluding steroid dienone is 1. The first-order valence-corrected chi connectivity index (χ1v) is 9.84. The highest BCUT2D eigenvalue weighted by atomic mass is 16.5. The number of para-hydroxylation sites is 1. The lowest BCUT2D eigenvalue weighted by Gasteiger charge is -2.07. The molecule has 3 nitrogen and oxygen atoms in total. The minimum Gasteiger partial charge on any atom is -0.492 e. The maximum absolute atomic E-state index is 10.6. The molecular weight excluding hydrogens is 312 g/mol. The van der Waals surface area contributed by atoms with E-state index in [4.69, 9.17) is 9.84 Å². The first-order valence-electron chi connectivity index (χ1n) is 9.84. The van der Waals surface area contributed by atoms with Crippen molar-refractivity contribution < 1.29 is 14.6 Å². The number of carboxylic acid groups (broad SMARTS) is 1. The van der Waals surface area contributed by atoms with Crippen molar-refractivity contribution in [3.05, 3.63) is 35.9 Å². The van der Waals surface area contributed by atoms with Gasteiger partial charge < -0.3 is 9.84 Å². The molecule has 140 valence electrons. The molecule has 0 bridgehead atoms. The summed E-state index contributed by atoms with van der Waals surface area (Å²) in [5.41, 5.74) is 1.02. The first kappa shape index (κ1) is 21.3. The van der Waals surface area contributed by atoms with Crippen molar-refractivity contribution in [3.8, 4) is 5.75 Å². The highest BCUT2D eigenvalue weighted by molar-refractivity contribution is 5.66. The Morgan fingerprint density at radius 2 is 1.64 bits per heavy atom. The third-order valence-corrected chi connectivity index (χ3v) is 4.26. The number of carbonyl (C=O) groups is 1. The van der Waals surface area contributed by atoms with Crippen LogP contribution in [-0.4, -0.2) is 17.7 Å². The van der Waals surface area contributed by atoms with Gasteiger partial charge in [-0.05, 0) is 18.9 Å². The van der Waals surface area contributed by atoms with Gasteiger partial charge in [0, 0.05) is 5.56 Å². The van der Waals surface area contributed by atoms with Gasteiger partial charge in [0.25, 0.3) is 0 Å². The molecule has 0 radical (unpaired) electrons. The standard InChI is InChI=1S/C22H34O3/c1-2-3-4-5-6-7-8-9-10-11-12-15-20-16-13-14-17-21(20)25-19-18-22(23)24/h12-17H,2-11,18-19H2,1H3,(H,23,24). The molecule has 0 saturated heterocycles. The molecule has 3 heteroatoms. The van der Waals surface area contributed by atoms with Gasteiger partial charge in [-0.3, -0.25) is 4.79 Å². The molecule has 0 aliphatic carbocycles. The van der Waals surface area contributed by atoms with E-state index in [1.165, 1.54) is 57.8 Å². The largest absolute Gasteiger partial charge is 0.492 e. The van der Waals surface area contributed by atoms with Crippen LogP contribution in [0.3, 0.4) is 0 Å². The molecule has 1 aromatic rings. The van der Waals surface area contributed by atoms with Crippen LogP contribution in [0.2, 0.25) is 0 Å². The first-order chi connectivity index (χ1) is 12.2. The summed E-state index contributed by atoms with van der Waals surface area (Å²) in [7, 11) is 0. The Balaban J connectivity index is 2.16. The number of rotatable bonds is 15. The molecular formula is C22H34O3. The molecule has 1 N–H and O–H groups in total. The fraction of sp³-hybridized carbons (Fsp3) is 0.591. The van der Waals surface area contributed by atoms with Crippen LogP contribution in [0.25, 0.3) is 6.08 Å². The van der Waals surface area contributed by atoms with E-state index in [9.17, 15) is 4.79 Å². The fourth-order valence-corrected chi connectivity index (χ4v) is 2.78. The van der Waals surface area contributed by atoms with Crippen molar-refractivity contribution in [2.45, 2.75) is 77.6 Å². The van der Waals surface area contributed by atoms with E-state index in [2.05, 4.69) is 19.1 Å². The Labute approximate surface area is 153 Å². The van der Waals surface area contributed by atoms with E-state index in [1.54, 1.807) is 0 Å². The van der Waals surface area contributed by atoms with Crippen molar-refractivity contribution in [1.82, 2.24) is 0 Å². The maximum atomic E-state index is 10.6. The van der Waals surface area contributed by atoms with E-state index in [0.29, 0.717) is 0 Å². The highest BCUT2D eigenvalue weighted by Gasteiger charge is 2.01. The summed E-state index contributed by atoms with van der Waals surface area (Å²) >= 11 is 0. The van der Waals surface area contributed by atoms with Gasteiger partial charge in [-0.25, -0.2) is 0 Å². The Kier molecular flexibility index (Phi) is 12.4. The lowest BCUT2D eigenvalue weighted by atomic mass is 10.1. The average Bonchev–Trinajstić information content (AvgIpc) is 2.60. The number of hydrogen-bond donors (Lipinski definition) is 1. The number of aliphatic carboxylic acids is 1. The van der Waals surface area contributed by atoms with Crippen LogP contribution in [0.4, 0.5) is 0 Å². The van der Waals surface area contributed by atoms with E-state index in [-0.39, 0.29) is 13.0 Å². The second-order valence-electron chi connectivity index (χ2n) is 6.55. The van der Waals surface area contributed by atoms with E-state index in [1.807, 2.05) is 24.3 Å². The number of unbranched alkanes of at least 4 members (excludes halogenated alkanes) is 9. The molecule has 0 spiro atoms. The van der Waals surface area contributed by atoms with Gasteiger partial charge in [-0.1, -0.05) is 88.6 Å². The molecule has 1 aromatic carbocycles. The Bertz CT molecular complexity index is 494. The normalized spacial score (nSPS) is 11.1. The second-order valence-corrected chi connectivity index (χ2v) is 6.55. The summed E-state index contributed by atoms with van der Waals surface area (Å²) in [6.45, 7) is 2.46. The van der Waals surface area contributed by atoms with Gasteiger partial charge in [0.15, 0.2) is 0 Å². The Morgan fingerprint density at radius 1 is 1.00 bits per heavy atom. The predicted molar refractivity (Wildman–Crippen MR) is 105 cm³/mol. The third kappa shape index (κ3) is 11.4. The van der Waals surface area contributed by atoms with Gasteiger partial charge in [0.1, 0.15) is 5.75 Å². The molecule has 0 aromatic heterocycles. The topological polar surface area (TPSA) is 46.5 Å². The zero-order chi connectivity index (χ0) is 18.2. The van der Waals surface area contributed by atoms with Crippen LogP contribution in [0.5, 0.6) is 5.75 Å². The van der Waals surface area contributed by atoms with Crippen LogP contribution in [0, 0.1) is 0 Å². The van der Waals surface area contributed by atoms with Gasteiger partial charge in [0.05, 0.1) is 13.0 Å². The lowest BCUT2D eigenvalue weighted by molar-refractivity contribution is -0.137. The van der Waals surface area contributed by atoms with Crippen LogP contribution in [0.1, 0.15) is 83.1 Å². The summed E-state index contributed by atoms with van der Waals surface area (Å²) in [5, 5.41) is 8.68. The smallest absolute Gasteiger partial charge is 0.306 e. The van der Waals surface area contributed by atoms with Crippen molar-refractivity contribution in [2.24, 2.45) is 0 Å². The summed E-state index contributed by atoms with van der Waals surface area (Å²) in [6.07, 6.45) is 17.5. The molecule has 25 heavy (non-hydrogen) atoms. The molecule has 0 saturated carbocycles. The summed E-state index contributed by atoms with van der Waals surface area (Å²) in [6, 6.07) is 7.78. The molecule has 0 fully saturated rings. The quantitative estimate of drug-likeness (QED) is 0.370. The minimum absolute atomic E-state index is 0.0243. The second kappa shape index (κ2) is 14.6. The van der Waals surface area contributed by atoms with Crippen LogP contribution >= 0.6 is 0 Å². The zero-order valence-electron chi connectivity index (χ0n) is 15.7. The Morgan fingerprint density at radius 3 is 2.32 bits per heavy atom. The van der Waals surface area contributed by atoms with Gasteiger partial charge >= 0.3 is 5.97 Å². The predicted octanol–water partition coefficient (Wildman–Crippen LogP) is 6.47. The third-order valence-electron chi connectivity index (χ3n) is 4.26. The van der Waals surface area contributed by atoms with Crippen LogP contribution in [0.15, 0.2) is 30.3 Å². The number of ether oxygens (including phenoxy) is 1.